The van der Waals surface area contributed by atoms with Crippen molar-refractivity contribution in [1.82, 2.24) is 9.88 Å². The van der Waals surface area contributed by atoms with Gasteiger partial charge in [-0.05, 0) is 34.5 Å². The van der Waals surface area contributed by atoms with Crippen LogP contribution in [0.5, 0.6) is 0 Å². The molecule has 23 heavy (non-hydrogen) atoms. The molecule has 0 atom stereocenters. The number of aromatic nitrogens is 1. The standard InChI is InChI=1S/C16H17BrF3N3/c17-13-4-1-3-12-14(5-6-21-15(12)13)23-8-2-7-22(9-10-23)11-16(18,19)20/h1,3-6H,2,7-11H2. The topological polar surface area (TPSA) is 19.4 Å². The summed E-state index contributed by atoms with van der Waals surface area (Å²) in [5, 5.41) is 1.02. The number of alkyl halides is 3. The van der Waals surface area contributed by atoms with E-state index in [0.717, 1.165) is 27.6 Å². The number of anilines is 1. The number of para-hydroxylation sites is 1. The summed E-state index contributed by atoms with van der Waals surface area (Å²) in [6.07, 6.45) is -1.67. The van der Waals surface area contributed by atoms with Crippen molar-refractivity contribution in [2.45, 2.75) is 12.6 Å². The van der Waals surface area contributed by atoms with Crippen LogP contribution >= 0.6 is 15.9 Å². The first-order valence-electron chi connectivity index (χ1n) is 7.51. The minimum Gasteiger partial charge on any atom is -0.370 e. The number of rotatable bonds is 2. The van der Waals surface area contributed by atoms with E-state index in [1.807, 2.05) is 24.3 Å². The van der Waals surface area contributed by atoms with Crippen LogP contribution in [0.25, 0.3) is 10.9 Å². The summed E-state index contributed by atoms with van der Waals surface area (Å²) >= 11 is 3.50. The fourth-order valence-electron chi connectivity index (χ4n) is 3.02. The molecule has 1 aromatic heterocycles. The predicted octanol–water partition coefficient (Wildman–Crippen LogP) is 4.07. The maximum absolute atomic E-state index is 12.6. The summed E-state index contributed by atoms with van der Waals surface area (Å²) in [7, 11) is 0. The first-order valence-corrected chi connectivity index (χ1v) is 8.31. The second-order valence-electron chi connectivity index (χ2n) is 5.70. The Kier molecular flexibility index (Phi) is 4.77. The summed E-state index contributed by atoms with van der Waals surface area (Å²) < 4.78 is 38.7. The highest BCUT2D eigenvalue weighted by Crippen LogP contribution is 2.30. The first-order chi connectivity index (χ1) is 10.9. The molecule has 2 aromatic rings. The highest BCUT2D eigenvalue weighted by Gasteiger charge is 2.31. The maximum atomic E-state index is 12.6. The second kappa shape index (κ2) is 6.65. The Morgan fingerprint density at radius 1 is 1.09 bits per heavy atom. The number of fused-ring (bicyclic) bond motifs is 1. The molecule has 0 bridgehead atoms. The maximum Gasteiger partial charge on any atom is 0.401 e. The summed E-state index contributed by atoms with van der Waals surface area (Å²) in [5.41, 5.74) is 1.91. The Morgan fingerprint density at radius 3 is 2.70 bits per heavy atom. The van der Waals surface area contributed by atoms with Crippen molar-refractivity contribution in [2.75, 3.05) is 37.6 Å². The van der Waals surface area contributed by atoms with Crippen LogP contribution in [-0.2, 0) is 0 Å². The molecule has 1 aromatic carbocycles. The van der Waals surface area contributed by atoms with Crippen molar-refractivity contribution in [3.8, 4) is 0 Å². The third kappa shape index (κ3) is 3.95. The smallest absolute Gasteiger partial charge is 0.370 e. The summed E-state index contributed by atoms with van der Waals surface area (Å²) in [4.78, 5) is 8.04. The molecule has 0 radical (unpaired) electrons. The van der Waals surface area contributed by atoms with Crippen molar-refractivity contribution in [1.29, 1.82) is 0 Å². The van der Waals surface area contributed by atoms with Gasteiger partial charge >= 0.3 is 6.18 Å². The predicted molar refractivity (Wildman–Crippen MR) is 88.8 cm³/mol. The van der Waals surface area contributed by atoms with Crippen molar-refractivity contribution in [2.24, 2.45) is 0 Å². The molecule has 1 fully saturated rings. The number of halogens is 4. The van der Waals surface area contributed by atoms with Crippen molar-refractivity contribution >= 4 is 32.5 Å². The molecule has 3 nitrogen and oxygen atoms in total. The van der Waals surface area contributed by atoms with Gasteiger partial charge in [-0.15, -0.1) is 0 Å². The van der Waals surface area contributed by atoms with E-state index in [0.29, 0.717) is 26.1 Å². The third-order valence-corrected chi connectivity index (χ3v) is 4.67. The van der Waals surface area contributed by atoms with Gasteiger partial charge in [0.25, 0.3) is 0 Å². The van der Waals surface area contributed by atoms with E-state index in [1.165, 1.54) is 4.90 Å². The largest absolute Gasteiger partial charge is 0.401 e. The lowest BCUT2D eigenvalue weighted by molar-refractivity contribution is -0.145. The fourth-order valence-corrected chi connectivity index (χ4v) is 3.49. The van der Waals surface area contributed by atoms with Gasteiger partial charge in [-0.3, -0.25) is 9.88 Å². The van der Waals surface area contributed by atoms with Crippen LogP contribution in [0.3, 0.4) is 0 Å². The summed E-state index contributed by atoms with van der Waals surface area (Å²) in [6, 6.07) is 7.83. The monoisotopic (exact) mass is 387 g/mol. The molecule has 0 N–H and O–H groups in total. The van der Waals surface area contributed by atoms with Crippen LogP contribution in [0, 0.1) is 0 Å². The van der Waals surface area contributed by atoms with Gasteiger partial charge < -0.3 is 4.90 Å². The van der Waals surface area contributed by atoms with Crippen LogP contribution in [0.1, 0.15) is 6.42 Å². The molecule has 1 saturated heterocycles. The molecule has 0 amide bonds. The molecule has 2 heterocycles. The van der Waals surface area contributed by atoms with Crippen molar-refractivity contribution < 1.29 is 13.2 Å². The zero-order valence-corrected chi connectivity index (χ0v) is 14.1. The van der Waals surface area contributed by atoms with Gasteiger partial charge in [0.2, 0.25) is 0 Å². The minimum absolute atomic E-state index is 0.414. The van der Waals surface area contributed by atoms with Gasteiger partial charge in [-0.25, -0.2) is 0 Å². The molecule has 0 unspecified atom stereocenters. The highest BCUT2D eigenvalue weighted by molar-refractivity contribution is 9.10. The Hall–Kier alpha value is -1.34. The molecule has 124 valence electrons. The molecule has 0 aliphatic carbocycles. The van der Waals surface area contributed by atoms with Gasteiger partial charge in [0.15, 0.2) is 0 Å². The molecule has 3 rings (SSSR count). The molecule has 7 heteroatoms. The lowest BCUT2D eigenvalue weighted by atomic mass is 10.1. The quantitative estimate of drug-likeness (QED) is 0.773. The lowest BCUT2D eigenvalue weighted by Crippen LogP contribution is -2.37. The Morgan fingerprint density at radius 2 is 1.91 bits per heavy atom. The molecule has 0 saturated carbocycles. The van der Waals surface area contributed by atoms with Gasteiger partial charge in [-0.1, -0.05) is 12.1 Å². The fraction of sp³-hybridized carbons (Fsp3) is 0.438. The average Bonchev–Trinajstić information content (AvgIpc) is 2.71. The number of pyridine rings is 1. The zero-order chi connectivity index (χ0) is 16.4. The van der Waals surface area contributed by atoms with E-state index in [-0.39, 0.29) is 0 Å². The average molecular weight is 388 g/mol. The van der Waals surface area contributed by atoms with E-state index < -0.39 is 12.7 Å². The third-order valence-electron chi connectivity index (χ3n) is 4.03. The van der Waals surface area contributed by atoms with E-state index in [9.17, 15) is 13.2 Å². The number of hydrogen-bond acceptors (Lipinski definition) is 3. The normalized spacial score (nSPS) is 17.5. The van der Waals surface area contributed by atoms with E-state index in [4.69, 9.17) is 0 Å². The summed E-state index contributed by atoms with van der Waals surface area (Å²) in [6.45, 7) is 1.39. The van der Waals surface area contributed by atoms with Crippen LogP contribution in [0.15, 0.2) is 34.9 Å². The van der Waals surface area contributed by atoms with Crippen molar-refractivity contribution in [3.05, 3.63) is 34.9 Å². The van der Waals surface area contributed by atoms with Crippen LogP contribution < -0.4 is 4.90 Å². The molecule has 1 aliphatic heterocycles. The first kappa shape index (κ1) is 16.5. The molecule has 0 spiro atoms. The van der Waals surface area contributed by atoms with E-state index >= 15 is 0 Å². The molecular formula is C16H17BrF3N3. The van der Waals surface area contributed by atoms with Gasteiger partial charge in [0.1, 0.15) is 0 Å². The Balaban J connectivity index is 1.82. The number of benzene rings is 1. The van der Waals surface area contributed by atoms with E-state index in [2.05, 4.69) is 25.8 Å². The zero-order valence-electron chi connectivity index (χ0n) is 12.5. The van der Waals surface area contributed by atoms with E-state index in [1.54, 1.807) is 6.20 Å². The number of nitrogens with zero attached hydrogens (tertiary/aromatic N) is 3. The Labute approximate surface area is 141 Å². The van der Waals surface area contributed by atoms with Crippen LogP contribution in [0.2, 0.25) is 0 Å². The SMILES string of the molecule is FC(F)(F)CN1CCCN(c2ccnc3c(Br)cccc23)CC1. The Bertz CT molecular complexity index is 690. The van der Waals surface area contributed by atoms with Crippen LogP contribution in [0.4, 0.5) is 18.9 Å². The number of hydrogen-bond donors (Lipinski definition) is 0. The van der Waals surface area contributed by atoms with Gasteiger partial charge in [0, 0.05) is 47.9 Å². The molecule has 1 aliphatic rings. The van der Waals surface area contributed by atoms with Crippen molar-refractivity contribution in [3.63, 3.8) is 0 Å². The minimum atomic E-state index is -4.14. The lowest BCUT2D eigenvalue weighted by Gasteiger charge is -2.25. The summed E-state index contributed by atoms with van der Waals surface area (Å²) in [5.74, 6) is 0. The molecular weight excluding hydrogens is 371 g/mol. The van der Waals surface area contributed by atoms with Crippen LogP contribution in [-0.4, -0.2) is 48.8 Å². The van der Waals surface area contributed by atoms with Gasteiger partial charge in [0.05, 0.1) is 12.1 Å². The highest BCUT2D eigenvalue weighted by atomic mass is 79.9. The second-order valence-corrected chi connectivity index (χ2v) is 6.55. The van der Waals surface area contributed by atoms with Gasteiger partial charge in [-0.2, -0.15) is 13.2 Å².